The van der Waals surface area contributed by atoms with Crippen LogP contribution in [0.15, 0.2) is 30.3 Å². The molecule has 1 rings (SSSR count). The highest BCUT2D eigenvalue weighted by atomic mass is 16.5. The van der Waals surface area contributed by atoms with E-state index in [4.69, 9.17) is 4.74 Å². The fourth-order valence-electron chi connectivity index (χ4n) is 2.56. The number of rotatable bonds is 12. The van der Waals surface area contributed by atoms with Gasteiger partial charge in [0.2, 0.25) is 11.8 Å². The molecule has 0 heterocycles. The monoisotopic (exact) mass is 390 g/mol. The molecular formula is C22H34N2O4. The largest absolute Gasteiger partial charge is 0.459 e. The zero-order valence-electron chi connectivity index (χ0n) is 17.5. The Morgan fingerprint density at radius 2 is 1.68 bits per heavy atom. The van der Waals surface area contributed by atoms with Crippen LogP contribution in [0.4, 0.5) is 0 Å². The van der Waals surface area contributed by atoms with Crippen molar-refractivity contribution >= 4 is 17.8 Å². The molecule has 2 N–H and O–H groups in total. The van der Waals surface area contributed by atoms with E-state index in [-0.39, 0.29) is 24.3 Å². The molecule has 0 fully saturated rings. The molecule has 0 spiro atoms. The van der Waals surface area contributed by atoms with Crippen molar-refractivity contribution in [1.29, 1.82) is 0 Å². The number of hydrogen-bond donors (Lipinski definition) is 2. The quantitative estimate of drug-likeness (QED) is 0.424. The van der Waals surface area contributed by atoms with Crippen LogP contribution >= 0.6 is 0 Å². The van der Waals surface area contributed by atoms with Gasteiger partial charge in [-0.05, 0) is 30.7 Å². The fourth-order valence-corrected chi connectivity index (χ4v) is 2.56. The van der Waals surface area contributed by atoms with Gasteiger partial charge in [0.15, 0.2) is 0 Å². The lowest BCUT2D eigenvalue weighted by atomic mass is 10.1. The van der Waals surface area contributed by atoms with Gasteiger partial charge in [-0.25, -0.2) is 4.79 Å². The third-order valence-corrected chi connectivity index (χ3v) is 4.18. The molecule has 1 atom stereocenters. The van der Waals surface area contributed by atoms with Gasteiger partial charge in [0.05, 0.1) is 0 Å². The van der Waals surface area contributed by atoms with Gasteiger partial charge < -0.3 is 15.4 Å². The summed E-state index contributed by atoms with van der Waals surface area (Å²) < 4.78 is 5.39. The van der Waals surface area contributed by atoms with E-state index in [9.17, 15) is 14.4 Å². The maximum Gasteiger partial charge on any atom is 0.328 e. The van der Waals surface area contributed by atoms with Crippen LogP contribution in [-0.2, 0) is 25.7 Å². The number of hydrogen-bond acceptors (Lipinski definition) is 4. The summed E-state index contributed by atoms with van der Waals surface area (Å²) in [5, 5.41) is 5.66. The van der Waals surface area contributed by atoms with Gasteiger partial charge in [-0.2, -0.15) is 0 Å². The van der Waals surface area contributed by atoms with E-state index in [1.165, 1.54) is 0 Å². The molecule has 156 valence electrons. The Kier molecular flexibility index (Phi) is 10.9. The molecule has 6 heteroatoms. The van der Waals surface area contributed by atoms with E-state index >= 15 is 0 Å². The molecule has 1 aromatic rings. The van der Waals surface area contributed by atoms with Crippen LogP contribution in [-0.4, -0.2) is 30.4 Å². The number of unbranched alkanes of at least 4 members (excludes halogenated alkanes) is 1. The van der Waals surface area contributed by atoms with Crippen LogP contribution in [0.1, 0.15) is 58.9 Å². The number of ether oxygens (including phenoxy) is 1. The number of carbonyl (C=O) groups is 3. The minimum absolute atomic E-state index is 0.0435. The third-order valence-electron chi connectivity index (χ3n) is 4.18. The summed E-state index contributed by atoms with van der Waals surface area (Å²) in [7, 11) is 0. The Morgan fingerprint density at radius 3 is 2.29 bits per heavy atom. The maximum absolute atomic E-state index is 12.5. The lowest BCUT2D eigenvalue weighted by Gasteiger charge is -2.19. The Bertz CT molecular complexity index is 614. The average Bonchev–Trinajstić information content (AvgIpc) is 2.64. The first-order valence-electron chi connectivity index (χ1n) is 10.1. The summed E-state index contributed by atoms with van der Waals surface area (Å²) in [6, 6.07) is 8.76. The number of nitrogens with one attached hydrogen (secondary N) is 2. The minimum atomic E-state index is -0.676. The highest BCUT2D eigenvalue weighted by Crippen LogP contribution is 2.08. The van der Waals surface area contributed by atoms with E-state index in [1.54, 1.807) is 13.8 Å². The molecule has 0 aliphatic heterocycles. The van der Waals surface area contributed by atoms with E-state index < -0.39 is 12.0 Å². The van der Waals surface area contributed by atoms with Crippen LogP contribution in [0.5, 0.6) is 0 Å². The Hall–Kier alpha value is -2.37. The SMILES string of the molecule is CC(C)CC(=O)NCCCCC(NC(=O)C(C)C)C(=O)OCc1ccccc1. The molecule has 0 saturated carbocycles. The van der Waals surface area contributed by atoms with Crippen LogP contribution in [0.2, 0.25) is 0 Å². The lowest BCUT2D eigenvalue weighted by Crippen LogP contribution is -2.43. The molecule has 0 saturated heterocycles. The molecule has 0 bridgehead atoms. The smallest absolute Gasteiger partial charge is 0.328 e. The molecule has 0 aromatic heterocycles. The Morgan fingerprint density at radius 1 is 1.00 bits per heavy atom. The van der Waals surface area contributed by atoms with Gasteiger partial charge in [0.1, 0.15) is 12.6 Å². The van der Waals surface area contributed by atoms with Crippen molar-refractivity contribution in [3.8, 4) is 0 Å². The van der Waals surface area contributed by atoms with Crippen LogP contribution in [0, 0.1) is 11.8 Å². The zero-order chi connectivity index (χ0) is 20.9. The fraction of sp³-hybridized carbons (Fsp3) is 0.591. The normalized spacial score (nSPS) is 11.9. The van der Waals surface area contributed by atoms with Gasteiger partial charge >= 0.3 is 5.97 Å². The minimum Gasteiger partial charge on any atom is -0.459 e. The highest BCUT2D eigenvalue weighted by molar-refractivity contribution is 5.85. The first-order chi connectivity index (χ1) is 13.3. The number of amides is 2. The number of esters is 1. The summed E-state index contributed by atoms with van der Waals surface area (Å²) in [5.74, 6) is -0.440. The van der Waals surface area contributed by atoms with E-state index in [1.807, 2.05) is 44.2 Å². The topological polar surface area (TPSA) is 84.5 Å². The second-order valence-electron chi connectivity index (χ2n) is 7.75. The van der Waals surface area contributed by atoms with Crippen molar-refractivity contribution in [2.24, 2.45) is 11.8 Å². The van der Waals surface area contributed by atoms with Gasteiger partial charge in [0, 0.05) is 18.9 Å². The second kappa shape index (κ2) is 12.9. The molecular weight excluding hydrogens is 356 g/mol. The summed E-state index contributed by atoms with van der Waals surface area (Å²) >= 11 is 0. The van der Waals surface area contributed by atoms with E-state index in [0.717, 1.165) is 12.0 Å². The summed E-state index contributed by atoms with van der Waals surface area (Å²) in [4.78, 5) is 36.2. The molecule has 1 aromatic carbocycles. The molecule has 1 unspecified atom stereocenters. The molecule has 28 heavy (non-hydrogen) atoms. The molecule has 6 nitrogen and oxygen atoms in total. The van der Waals surface area contributed by atoms with Crippen LogP contribution in [0.25, 0.3) is 0 Å². The first kappa shape index (κ1) is 23.7. The first-order valence-corrected chi connectivity index (χ1v) is 10.1. The lowest BCUT2D eigenvalue weighted by molar-refractivity contribution is -0.149. The molecule has 0 radical (unpaired) electrons. The van der Waals surface area contributed by atoms with Crippen LogP contribution in [0.3, 0.4) is 0 Å². The zero-order valence-corrected chi connectivity index (χ0v) is 17.5. The maximum atomic E-state index is 12.5. The van der Waals surface area contributed by atoms with Gasteiger partial charge in [-0.3, -0.25) is 9.59 Å². The third kappa shape index (κ3) is 10.1. The van der Waals surface area contributed by atoms with Crippen molar-refractivity contribution in [1.82, 2.24) is 10.6 Å². The average molecular weight is 391 g/mol. The number of carbonyl (C=O) groups excluding carboxylic acids is 3. The van der Waals surface area contributed by atoms with Crippen molar-refractivity contribution in [2.45, 2.75) is 66.0 Å². The summed E-state index contributed by atoms with van der Waals surface area (Å²) in [6.07, 6.45) is 2.43. The van der Waals surface area contributed by atoms with Crippen LogP contribution < -0.4 is 10.6 Å². The second-order valence-corrected chi connectivity index (χ2v) is 7.75. The van der Waals surface area contributed by atoms with E-state index in [2.05, 4.69) is 10.6 Å². The molecule has 0 aliphatic rings. The van der Waals surface area contributed by atoms with Crippen molar-refractivity contribution in [3.63, 3.8) is 0 Å². The van der Waals surface area contributed by atoms with E-state index in [0.29, 0.717) is 31.7 Å². The van der Waals surface area contributed by atoms with Crippen molar-refractivity contribution in [3.05, 3.63) is 35.9 Å². The van der Waals surface area contributed by atoms with Gasteiger partial charge in [-0.15, -0.1) is 0 Å². The predicted molar refractivity (Wildman–Crippen MR) is 109 cm³/mol. The molecule has 0 aliphatic carbocycles. The van der Waals surface area contributed by atoms with Gasteiger partial charge in [-0.1, -0.05) is 58.0 Å². The Balaban J connectivity index is 2.46. The van der Waals surface area contributed by atoms with Crippen molar-refractivity contribution < 1.29 is 19.1 Å². The standard InChI is InChI=1S/C22H34N2O4/c1-16(2)14-20(25)23-13-9-8-12-19(24-21(26)17(3)4)22(27)28-15-18-10-6-5-7-11-18/h5-7,10-11,16-17,19H,8-9,12-15H2,1-4H3,(H,23,25)(H,24,26). The van der Waals surface area contributed by atoms with Crippen molar-refractivity contribution in [2.75, 3.05) is 6.54 Å². The summed E-state index contributed by atoms with van der Waals surface area (Å²) in [5.41, 5.74) is 0.901. The predicted octanol–water partition coefficient (Wildman–Crippen LogP) is 3.20. The Labute approximate surface area is 168 Å². The highest BCUT2D eigenvalue weighted by Gasteiger charge is 2.23. The summed E-state index contributed by atoms with van der Waals surface area (Å²) in [6.45, 7) is 8.32. The molecule has 2 amide bonds. The van der Waals surface area contributed by atoms with Gasteiger partial charge in [0.25, 0.3) is 0 Å². The number of benzene rings is 1.